The van der Waals surface area contributed by atoms with Gasteiger partial charge in [0.05, 0.1) is 9.79 Å². The Bertz CT molecular complexity index is 643. The number of sulfone groups is 1. The zero-order chi connectivity index (χ0) is 14.0. The van der Waals surface area contributed by atoms with Crippen molar-refractivity contribution in [2.45, 2.75) is 16.7 Å². The Balaban J connectivity index is 3.02. The van der Waals surface area contributed by atoms with Gasteiger partial charge in [0.1, 0.15) is 0 Å². The molecule has 0 aliphatic heterocycles. The van der Waals surface area contributed by atoms with Gasteiger partial charge in [0, 0.05) is 12.8 Å². The first-order valence-corrected chi connectivity index (χ1v) is 8.44. The lowest BCUT2D eigenvalue weighted by Crippen LogP contribution is -2.25. The fraction of sp³-hybridized carbons (Fsp3) is 0.273. The van der Waals surface area contributed by atoms with Gasteiger partial charge < -0.3 is 0 Å². The summed E-state index contributed by atoms with van der Waals surface area (Å²) in [4.78, 5) is 0.109. The third-order valence-electron chi connectivity index (χ3n) is 2.13. The van der Waals surface area contributed by atoms with Crippen molar-refractivity contribution in [1.82, 2.24) is 4.72 Å². The van der Waals surface area contributed by atoms with Crippen LogP contribution < -0.4 is 4.72 Å². The van der Waals surface area contributed by atoms with Gasteiger partial charge >= 0.3 is 0 Å². The van der Waals surface area contributed by atoms with Gasteiger partial charge in [0.15, 0.2) is 9.84 Å². The molecular weight excluding hydrogens is 274 g/mol. The van der Waals surface area contributed by atoms with E-state index in [-0.39, 0.29) is 16.3 Å². The zero-order valence-electron chi connectivity index (χ0n) is 10.2. The lowest BCUT2D eigenvalue weighted by molar-refractivity contribution is 0.584. The predicted octanol–water partition coefficient (Wildman–Crippen LogP) is 0.945. The molecule has 0 aliphatic rings. The van der Waals surface area contributed by atoms with Gasteiger partial charge in [-0.1, -0.05) is 12.2 Å². The molecule has 0 amide bonds. The Hall–Kier alpha value is -1.18. The van der Waals surface area contributed by atoms with Crippen LogP contribution in [0.3, 0.4) is 0 Å². The van der Waals surface area contributed by atoms with Crippen molar-refractivity contribution in [2.24, 2.45) is 0 Å². The van der Waals surface area contributed by atoms with E-state index in [0.29, 0.717) is 5.57 Å². The van der Waals surface area contributed by atoms with E-state index in [1.165, 1.54) is 24.3 Å². The van der Waals surface area contributed by atoms with Crippen molar-refractivity contribution in [3.8, 4) is 0 Å². The standard InChI is InChI=1S/C11H15NO4S2/c1-9(2)8-12-18(15,16)11-6-4-10(5-7-11)17(3,13)14/h4-7,12H,1,8H2,2-3H3. The van der Waals surface area contributed by atoms with E-state index in [4.69, 9.17) is 0 Å². The van der Waals surface area contributed by atoms with E-state index in [2.05, 4.69) is 11.3 Å². The van der Waals surface area contributed by atoms with Gasteiger partial charge in [0.2, 0.25) is 10.0 Å². The highest BCUT2D eigenvalue weighted by atomic mass is 32.2. The summed E-state index contributed by atoms with van der Waals surface area (Å²) in [5.41, 5.74) is 0.686. The first-order valence-electron chi connectivity index (χ1n) is 5.07. The number of rotatable bonds is 5. The maximum atomic E-state index is 11.8. The molecule has 100 valence electrons. The zero-order valence-corrected chi connectivity index (χ0v) is 11.8. The van der Waals surface area contributed by atoms with E-state index >= 15 is 0 Å². The molecule has 0 heterocycles. The number of sulfonamides is 1. The molecule has 0 radical (unpaired) electrons. The second kappa shape index (κ2) is 5.21. The van der Waals surface area contributed by atoms with Crippen LogP contribution in [0.15, 0.2) is 46.2 Å². The van der Waals surface area contributed by atoms with Crippen molar-refractivity contribution in [3.05, 3.63) is 36.4 Å². The molecule has 1 aromatic carbocycles. The maximum Gasteiger partial charge on any atom is 0.240 e. The van der Waals surface area contributed by atoms with Crippen LogP contribution in [-0.2, 0) is 19.9 Å². The second-order valence-electron chi connectivity index (χ2n) is 4.03. The third-order valence-corrected chi connectivity index (χ3v) is 4.67. The predicted molar refractivity (Wildman–Crippen MR) is 69.6 cm³/mol. The molecule has 0 unspecified atom stereocenters. The molecule has 0 saturated carbocycles. The topological polar surface area (TPSA) is 80.3 Å². The quantitative estimate of drug-likeness (QED) is 0.818. The fourth-order valence-corrected chi connectivity index (χ4v) is 2.90. The molecule has 0 spiro atoms. The van der Waals surface area contributed by atoms with Gasteiger partial charge in [-0.25, -0.2) is 21.6 Å². The molecule has 0 aliphatic carbocycles. The summed E-state index contributed by atoms with van der Waals surface area (Å²) < 4.78 is 48.4. The molecule has 18 heavy (non-hydrogen) atoms. The Morgan fingerprint density at radius 3 is 1.94 bits per heavy atom. The van der Waals surface area contributed by atoms with E-state index < -0.39 is 19.9 Å². The molecule has 1 aromatic rings. The minimum Gasteiger partial charge on any atom is -0.224 e. The van der Waals surface area contributed by atoms with Gasteiger partial charge in [-0.3, -0.25) is 0 Å². The molecule has 0 aromatic heterocycles. The van der Waals surface area contributed by atoms with Crippen LogP contribution in [0.5, 0.6) is 0 Å². The average molecular weight is 289 g/mol. The Kier molecular flexibility index (Phi) is 4.31. The molecule has 0 bridgehead atoms. The van der Waals surface area contributed by atoms with Gasteiger partial charge in [0.25, 0.3) is 0 Å². The number of benzene rings is 1. The van der Waals surface area contributed by atoms with E-state index in [1.807, 2.05) is 0 Å². The van der Waals surface area contributed by atoms with Crippen molar-refractivity contribution < 1.29 is 16.8 Å². The third kappa shape index (κ3) is 3.94. The smallest absolute Gasteiger partial charge is 0.224 e. The molecular formula is C11H15NO4S2. The minimum absolute atomic E-state index is 0.0242. The highest BCUT2D eigenvalue weighted by Crippen LogP contribution is 2.14. The van der Waals surface area contributed by atoms with Gasteiger partial charge in [-0.05, 0) is 31.2 Å². The largest absolute Gasteiger partial charge is 0.240 e. The van der Waals surface area contributed by atoms with Crippen LogP contribution in [0.4, 0.5) is 0 Å². The van der Waals surface area contributed by atoms with E-state index in [0.717, 1.165) is 6.26 Å². The molecule has 0 atom stereocenters. The lowest BCUT2D eigenvalue weighted by atomic mass is 10.4. The number of hydrogen-bond donors (Lipinski definition) is 1. The molecule has 5 nitrogen and oxygen atoms in total. The monoisotopic (exact) mass is 289 g/mol. The van der Waals surface area contributed by atoms with Crippen molar-refractivity contribution in [3.63, 3.8) is 0 Å². The summed E-state index contributed by atoms with van der Waals surface area (Å²) in [5, 5.41) is 0. The number of hydrogen-bond acceptors (Lipinski definition) is 4. The summed E-state index contributed by atoms with van der Waals surface area (Å²) in [6, 6.07) is 5.06. The van der Waals surface area contributed by atoms with Crippen LogP contribution >= 0.6 is 0 Å². The fourth-order valence-electron chi connectivity index (χ4n) is 1.17. The SMILES string of the molecule is C=C(C)CNS(=O)(=O)c1ccc(S(C)(=O)=O)cc1. The summed E-state index contributed by atoms with van der Waals surface area (Å²) in [6.45, 7) is 5.44. The first-order chi connectivity index (χ1) is 8.13. The summed E-state index contributed by atoms with van der Waals surface area (Å²) in [5.74, 6) is 0. The minimum atomic E-state index is -3.62. The molecule has 1 N–H and O–H groups in total. The van der Waals surface area contributed by atoms with Crippen molar-refractivity contribution >= 4 is 19.9 Å². The maximum absolute atomic E-state index is 11.8. The van der Waals surface area contributed by atoms with Crippen LogP contribution in [0.25, 0.3) is 0 Å². The summed E-state index contributed by atoms with van der Waals surface area (Å²) in [7, 11) is -6.94. The van der Waals surface area contributed by atoms with Gasteiger partial charge in [-0.2, -0.15) is 0 Å². The lowest BCUT2D eigenvalue weighted by Gasteiger charge is -2.07. The van der Waals surface area contributed by atoms with Crippen LogP contribution in [-0.4, -0.2) is 29.6 Å². The summed E-state index contributed by atoms with van der Waals surface area (Å²) in [6.07, 6.45) is 1.07. The Morgan fingerprint density at radius 2 is 1.56 bits per heavy atom. The van der Waals surface area contributed by atoms with Crippen LogP contribution in [0.1, 0.15) is 6.92 Å². The number of nitrogens with one attached hydrogen (secondary N) is 1. The highest BCUT2D eigenvalue weighted by Gasteiger charge is 2.14. The van der Waals surface area contributed by atoms with Gasteiger partial charge in [-0.15, -0.1) is 0 Å². The molecule has 0 saturated heterocycles. The first kappa shape index (κ1) is 14.9. The second-order valence-corrected chi connectivity index (χ2v) is 7.81. The Labute approximate surface area is 108 Å². The normalized spacial score (nSPS) is 12.3. The van der Waals surface area contributed by atoms with E-state index in [1.54, 1.807) is 6.92 Å². The average Bonchev–Trinajstić information content (AvgIpc) is 2.26. The highest BCUT2D eigenvalue weighted by molar-refractivity contribution is 7.90. The van der Waals surface area contributed by atoms with E-state index in [9.17, 15) is 16.8 Å². The molecule has 1 rings (SSSR count). The molecule has 0 fully saturated rings. The summed E-state index contributed by atoms with van der Waals surface area (Å²) >= 11 is 0. The van der Waals surface area contributed by atoms with Crippen molar-refractivity contribution in [2.75, 3.05) is 12.8 Å². The van der Waals surface area contributed by atoms with Crippen molar-refractivity contribution in [1.29, 1.82) is 0 Å². The van der Waals surface area contributed by atoms with Crippen LogP contribution in [0.2, 0.25) is 0 Å². The van der Waals surface area contributed by atoms with Crippen LogP contribution in [0, 0.1) is 0 Å². The molecule has 7 heteroatoms. The Morgan fingerprint density at radius 1 is 1.11 bits per heavy atom.